The van der Waals surface area contributed by atoms with Gasteiger partial charge in [-0.3, -0.25) is 4.98 Å². The molecular formula is C14H14BrClN2. The van der Waals surface area contributed by atoms with Gasteiger partial charge in [-0.15, -0.1) is 0 Å². The molecule has 0 unspecified atom stereocenters. The summed E-state index contributed by atoms with van der Waals surface area (Å²) in [5.41, 5.74) is 2.25. The van der Waals surface area contributed by atoms with Crippen molar-refractivity contribution in [2.24, 2.45) is 0 Å². The Labute approximate surface area is 120 Å². The van der Waals surface area contributed by atoms with Gasteiger partial charge in [0.15, 0.2) is 0 Å². The van der Waals surface area contributed by atoms with E-state index in [4.69, 9.17) is 11.6 Å². The first-order valence-corrected chi connectivity index (χ1v) is 7.66. The lowest BCUT2D eigenvalue weighted by Gasteiger charge is -2.25. The minimum absolute atomic E-state index is 0.698. The number of fused-ring (bicyclic) bond motifs is 1. The van der Waals surface area contributed by atoms with Gasteiger partial charge in [-0.2, -0.15) is 0 Å². The highest BCUT2D eigenvalue weighted by Gasteiger charge is 2.29. The number of nitrogens with zero attached hydrogens (tertiary/aromatic N) is 2. The zero-order chi connectivity index (χ0) is 12.5. The Morgan fingerprint density at radius 1 is 1.33 bits per heavy atom. The summed E-state index contributed by atoms with van der Waals surface area (Å²) in [6, 6.07) is 8.75. The van der Waals surface area contributed by atoms with Crippen molar-refractivity contribution in [3.8, 4) is 0 Å². The molecule has 18 heavy (non-hydrogen) atoms. The van der Waals surface area contributed by atoms with Gasteiger partial charge in [0.1, 0.15) is 0 Å². The number of anilines is 1. The Morgan fingerprint density at radius 2 is 2.17 bits per heavy atom. The molecule has 1 saturated carbocycles. The van der Waals surface area contributed by atoms with Gasteiger partial charge >= 0.3 is 0 Å². The molecule has 0 aliphatic heterocycles. The number of hydrogen-bond donors (Lipinski definition) is 0. The first kappa shape index (κ1) is 12.2. The fourth-order valence-electron chi connectivity index (χ4n) is 2.33. The summed E-state index contributed by atoms with van der Waals surface area (Å²) in [6.07, 6.45) is 4.46. The Kier molecular flexibility index (Phi) is 3.44. The Bertz CT molecular complexity index is 569. The highest BCUT2D eigenvalue weighted by atomic mass is 79.9. The number of aromatic nitrogens is 1. The van der Waals surface area contributed by atoms with E-state index in [-0.39, 0.29) is 0 Å². The van der Waals surface area contributed by atoms with E-state index >= 15 is 0 Å². The van der Waals surface area contributed by atoms with Crippen LogP contribution in [0.3, 0.4) is 0 Å². The molecule has 1 aromatic carbocycles. The van der Waals surface area contributed by atoms with Crippen LogP contribution in [0.4, 0.5) is 5.69 Å². The van der Waals surface area contributed by atoms with E-state index in [0.717, 1.165) is 22.4 Å². The summed E-state index contributed by atoms with van der Waals surface area (Å²) in [4.78, 5) is 6.88. The maximum absolute atomic E-state index is 6.03. The lowest BCUT2D eigenvalue weighted by atomic mass is 10.1. The number of benzene rings is 1. The topological polar surface area (TPSA) is 16.1 Å². The molecule has 2 aromatic rings. The quantitative estimate of drug-likeness (QED) is 0.781. The second-order valence-corrected chi connectivity index (χ2v) is 5.83. The van der Waals surface area contributed by atoms with Crippen LogP contribution in [0.1, 0.15) is 12.8 Å². The average Bonchev–Trinajstić information content (AvgIpc) is 3.19. The van der Waals surface area contributed by atoms with Gasteiger partial charge in [0.2, 0.25) is 0 Å². The molecular weight excluding hydrogens is 312 g/mol. The Hall–Kier alpha value is -0.800. The van der Waals surface area contributed by atoms with Crippen LogP contribution in [-0.4, -0.2) is 22.9 Å². The maximum Gasteiger partial charge on any atom is 0.0737 e. The van der Waals surface area contributed by atoms with E-state index in [1.807, 2.05) is 18.3 Å². The molecule has 1 aliphatic rings. The van der Waals surface area contributed by atoms with Crippen LogP contribution in [0.2, 0.25) is 5.02 Å². The van der Waals surface area contributed by atoms with Gasteiger partial charge in [0.25, 0.3) is 0 Å². The number of alkyl halides is 1. The van der Waals surface area contributed by atoms with E-state index in [9.17, 15) is 0 Å². The molecule has 1 aliphatic carbocycles. The summed E-state index contributed by atoms with van der Waals surface area (Å²) in [7, 11) is 0. The van der Waals surface area contributed by atoms with Crippen LogP contribution in [-0.2, 0) is 0 Å². The van der Waals surface area contributed by atoms with Crippen molar-refractivity contribution in [2.45, 2.75) is 18.9 Å². The monoisotopic (exact) mass is 324 g/mol. The third kappa shape index (κ3) is 2.34. The average molecular weight is 326 g/mol. The smallest absolute Gasteiger partial charge is 0.0737 e. The van der Waals surface area contributed by atoms with E-state index in [1.165, 1.54) is 23.9 Å². The van der Waals surface area contributed by atoms with Crippen LogP contribution in [0.25, 0.3) is 10.9 Å². The summed E-state index contributed by atoms with van der Waals surface area (Å²) in [5, 5.41) is 2.92. The number of halogens is 2. The molecule has 1 aromatic heterocycles. The fourth-order valence-corrected chi connectivity index (χ4v) is 2.88. The predicted octanol–water partition coefficient (Wildman–Crippen LogP) is 4.25. The van der Waals surface area contributed by atoms with E-state index < -0.39 is 0 Å². The first-order chi connectivity index (χ1) is 8.79. The van der Waals surface area contributed by atoms with Crippen LogP contribution < -0.4 is 4.90 Å². The summed E-state index contributed by atoms with van der Waals surface area (Å²) >= 11 is 9.57. The van der Waals surface area contributed by atoms with Crippen LogP contribution >= 0.6 is 27.5 Å². The molecule has 94 valence electrons. The molecule has 1 heterocycles. The van der Waals surface area contributed by atoms with Crippen molar-refractivity contribution in [3.63, 3.8) is 0 Å². The van der Waals surface area contributed by atoms with E-state index in [0.29, 0.717) is 6.04 Å². The minimum Gasteiger partial charge on any atom is -0.367 e. The third-order valence-corrected chi connectivity index (χ3v) is 3.89. The summed E-state index contributed by atoms with van der Waals surface area (Å²) in [6.45, 7) is 1.03. The van der Waals surface area contributed by atoms with Gasteiger partial charge in [-0.05, 0) is 37.1 Å². The maximum atomic E-state index is 6.03. The van der Waals surface area contributed by atoms with Crippen molar-refractivity contribution in [3.05, 3.63) is 35.5 Å². The molecule has 0 spiro atoms. The van der Waals surface area contributed by atoms with Gasteiger partial charge in [0, 0.05) is 40.2 Å². The SMILES string of the molecule is Clc1ccc2c(N(CCBr)C3CC3)ccnc2c1. The zero-order valence-corrected chi connectivity index (χ0v) is 12.3. The second-order valence-electron chi connectivity index (χ2n) is 4.61. The lowest BCUT2D eigenvalue weighted by molar-refractivity contribution is 0.838. The standard InChI is InChI=1S/C14H14BrClN2/c15-6-8-18(11-2-3-11)14-5-7-17-13-9-10(16)1-4-12(13)14/h1,4-5,7,9,11H,2-3,6,8H2. The van der Waals surface area contributed by atoms with Gasteiger partial charge in [-0.1, -0.05) is 27.5 Å². The highest BCUT2D eigenvalue weighted by molar-refractivity contribution is 9.09. The molecule has 0 amide bonds. The zero-order valence-electron chi connectivity index (χ0n) is 9.94. The molecule has 0 atom stereocenters. The van der Waals surface area contributed by atoms with Crippen molar-refractivity contribution < 1.29 is 0 Å². The number of pyridine rings is 1. The van der Waals surface area contributed by atoms with Crippen LogP contribution in [0, 0.1) is 0 Å². The van der Waals surface area contributed by atoms with Crippen molar-refractivity contribution in [1.29, 1.82) is 0 Å². The lowest BCUT2D eigenvalue weighted by Crippen LogP contribution is -2.27. The molecule has 0 radical (unpaired) electrons. The van der Waals surface area contributed by atoms with E-state index in [2.05, 4.69) is 37.9 Å². The van der Waals surface area contributed by atoms with Gasteiger partial charge in [-0.25, -0.2) is 0 Å². The Morgan fingerprint density at radius 3 is 2.89 bits per heavy atom. The number of rotatable bonds is 4. The molecule has 0 saturated heterocycles. The summed E-state index contributed by atoms with van der Waals surface area (Å²) < 4.78 is 0. The Balaban J connectivity index is 2.09. The molecule has 4 heteroatoms. The van der Waals surface area contributed by atoms with Crippen LogP contribution in [0.15, 0.2) is 30.5 Å². The molecule has 0 bridgehead atoms. The van der Waals surface area contributed by atoms with Gasteiger partial charge in [0.05, 0.1) is 5.52 Å². The molecule has 2 nitrogen and oxygen atoms in total. The normalized spacial score (nSPS) is 15.0. The van der Waals surface area contributed by atoms with Gasteiger partial charge < -0.3 is 4.90 Å². The van der Waals surface area contributed by atoms with Crippen molar-refractivity contribution in [2.75, 3.05) is 16.8 Å². The molecule has 1 fully saturated rings. The third-order valence-electron chi connectivity index (χ3n) is 3.30. The second kappa shape index (κ2) is 5.06. The molecule has 0 N–H and O–H groups in total. The predicted molar refractivity (Wildman–Crippen MR) is 80.9 cm³/mol. The summed E-state index contributed by atoms with van der Waals surface area (Å²) in [5.74, 6) is 0. The van der Waals surface area contributed by atoms with Crippen molar-refractivity contribution in [1.82, 2.24) is 4.98 Å². The minimum atomic E-state index is 0.698. The fraction of sp³-hybridized carbons (Fsp3) is 0.357. The van der Waals surface area contributed by atoms with Crippen molar-refractivity contribution >= 4 is 44.1 Å². The first-order valence-electron chi connectivity index (χ1n) is 6.16. The number of hydrogen-bond acceptors (Lipinski definition) is 2. The largest absolute Gasteiger partial charge is 0.367 e. The molecule has 3 rings (SSSR count). The van der Waals surface area contributed by atoms with E-state index in [1.54, 1.807) is 0 Å². The van der Waals surface area contributed by atoms with Crippen LogP contribution in [0.5, 0.6) is 0 Å². The highest BCUT2D eigenvalue weighted by Crippen LogP contribution is 2.35.